The van der Waals surface area contributed by atoms with Gasteiger partial charge in [-0.15, -0.1) is 0 Å². The topological polar surface area (TPSA) is 46.9 Å². The lowest BCUT2D eigenvalue weighted by atomic mass is 10.3. The second-order valence-corrected chi connectivity index (χ2v) is 6.97. The van der Waals surface area contributed by atoms with Crippen LogP contribution in [-0.4, -0.2) is 21.2 Å². The summed E-state index contributed by atoms with van der Waals surface area (Å²) in [4.78, 5) is 16.6. The summed E-state index contributed by atoms with van der Waals surface area (Å²) in [7, 11) is 1.97. The first-order chi connectivity index (χ1) is 10.6. The molecule has 6 heteroatoms. The van der Waals surface area contributed by atoms with Crippen molar-refractivity contribution in [3.05, 3.63) is 52.1 Å². The zero-order valence-corrected chi connectivity index (χ0v) is 14.9. The minimum absolute atomic E-state index is 0.0294. The van der Waals surface area contributed by atoms with Gasteiger partial charge in [0.2, 0.25) is 5.91 Å². The molecule has 1 N–H and O–H groups in total. The Morgan fingerprint density at radius 2 is 1.95 bits per heavy atom. The van der Waals surface area contributed by atoms with Crippen LogP contribution in [0.2, 0.25) is 0 Å². The van der Waals surface area contributed by atoms with Gasteiger partial charge in [0.05, 0.1) is 16.8 Å². The normalized spacial score (nSPS) is 10.8. The molecule has 1 aromatic heterocycles. The van der Waals surface area contributed by atoms with Crippen molar-refractivity contribution in [3.8, 4) is 0 Å². The van der Waals surface area contributed by atoms with E-state index in [1.54, 1.807) is 0 Å². The van der Waals surface area contributed by atoms with E-state index < -0.39 is 0 Å². The molecule has 0 aliphatic carbocycles. The van der Waals surface area contributed by atoms with Crippen molar-refractivity contribution in [1.29, 1.82) is 0 Å². The number of fused-ring (bicyclic) bond motifs is 1. The standard InChI is InChI=1S/C16H14IN3OS/c1-20-14-5-3-2-4-13(14)19-16(20)22-10-15(21)18-12-8-6-11(17)7-9-12/h2-9H,10H2,1H3,(H,18,21). The third-order valence-electron chi connectivity index (χ3n) is 3.21. The summed E-state index contributed by atoms with van der Waals surface area (Å²) < 4.78 is 3.16. The van der Waals surface area contributed by atoms with Crippen molar-refractivity contribution in [3.63, 3.8) is 0 Å². The summed E-state index contributed by atoms with van der Waals surface area (Å²) in [5, 5.41) is 3.74. The van der Waals surface area contributed by atoms with Crippen molar-refractivity contribution < 1.29 is 4.79 Å². The van der Waals surface area contributed by atoms with Crippen molar-refractivity contribution >= 4 is 57.0 Å². The van der Waals surface area contributed by atoms with Gasteiger partial charge in [-0.1, -0.05) is 23.9 Å². The molecule has 3 aromatic rings. The van der Waals surface area contributed by atoms with Crippen LogP contribution in [0.15, 0.2) is 53.7 Å². The molecule has 0 atom stereocenters. The summed E-state index contributed by atoms with van der Waals surface area (Å²) in [6.45, 7) is 0. The Labute approximate surface area is 146 Å². The number of nitrogens with one attached hydrogen (secondary N) is 1. The molecule has 0 fully saturated rings. The quantitative estimate of drug-likeness (QED) is 0.512. The summed E-state index contributed by atoms with van der Waals surface area (Å²) in [5.74, 6) is 0.307. The lowest BCUT2D eigenvalue weighted by Crippen LogP contribution is -2.14. The smallest absolute Gasteiger partial charge is 0.234 e. The van der Waals surface area contributed by atoms with Crippen molar-refractivity contribution in [2.45, 2.75) is 5.16 Å². The fourth-order valence-corrected chi connectivity index (χ4v) is 3.26. The van der Waals surface area contributed by atoms with E-state index in [1.807, 2.05) is 60.1 Å². The van der Waals surface area contributed by atoms with Crippen LogP contribution in [0.25, 0.3) is 11.0 Å². The number of halogens is 1. The third-order valence-corrected chi connectivity index (χ3v) is 4.96. The summed E-state index contributed by atoms with van der Waals surface area (Å²) in [6.07, 6.45) is 0. The number of rotatable bonds is 4. The predicted molar refractivity (Wildman–Crippen MR) is 99.2 cm³/mol. The molecule has 1 amide bonds. The van der Waals surface area contributed by atoms with Crippen LogP contribution in [0.1, 0.15) is 0 Å². The number of nitrogens with zero attached hydrogens (tertiary/aromatic N) is 2. The van der Waals surface area contributed by atoms with Crippen LogP contribution in [0.4, 0.5) is 5.69 Å². The zero-order chi connectivity index (χ0) is 15.5. The van der Waals surface area contributed by atoms with Crippen LogP contribution in [0.3, 0.4) is 0 Å². The molecule has 0 spiro atoms. The fraction of sp³-hybridized carbons (Fsp3) is 0.125. The van der Waals surface area contributed by atoms with Crippen LogP contribution >= 0.6 is 34.4 Å². The van der Waals surface area contributed by atoms with Gasteiger partial charge in [-0.25, -0.2) is 4.98 Å². The summed E-state index contributed by atoms with van der Waals surface area (Å²) in [5.41, 5.74) is 2.84. The highest BCUT2D eigenvalue weighted by atomic mass is 127. The molecular weight excluding hydrogens is 409 g/mol. The lowest BCUT2D eigenvalue weighted by molar-refractivity contribution is -0.113. The van der Waals surface area contributed by atoms with Gasteiger partial charge in [0, 0.05) is 16.3 Å². The second-order valence-electron chi connectivity index (χ2n) is 4.79. The van der Waals surface area contributed by atoms with Crippen molar-refractivity contribution in [2.75, 3.05) is 11.1 Å². The second kappa shape index (κ2) is 6.70. The van der Waals surface area contributed by atoms with E-state index in [0.29, 0.717) is 5.75 Å². The Bertz CT molecular complexity index is 814. The van der Waals surface area contributed by atoms with E-state index in [-0.39, 0.29) is 5.91 Å². The highest BCUT2D eigenvalue weighted by molar-refractivity contribution is 14.1. The molecule has 1 heterocycles. The largest absolute Gasteiger partial charge is 0.325 e. The minimum Gasteiger partial charge on any atom is -0.325 e. The monoisotopic (exact) mass is 423 g/mol. The third kappa shape index (κ3) is 3.44. The molecule has 0 radical (unpaired) electrons. The van der Waals surface area contributed by atoms with Crippen LogP contribution in [-0.2, 0) is 11.8 Å². The number of carbonyl (C=O) groups excluding carboxylic acids is 1. The maximum atomic E-state index is 12.0. The number of hydrogen-bond acceptors (Lipinski definition) is 3. The Morgan fingerprint density at radius 3 is 2.68 bits per heavy atom. The number of anilines is 1. The Hall–Kier alpha value is -1.54. The van der Waals surface area contributed by atoms with Gasteiger partial charge in [-0.2, -0.15) is 0 Å². The van der Waals surface area contributed by atoms with E-state index in [4.69, 9.17) is 0 Å². The van der Waals surface area contributed by atoms with Gasteiger partial charge < -0.3 is 9.88 Å². The van der Waals surface area contributed by atoms with Gasteiger partial charge in [0.1, 0.15) is 0 Å². The molecule has 0 bridgehead atoms. The Kier molecular flexibility index (Phi) is 4.68. The number of benzene rings is 2. The highest BCUT2D eigenvalue weighted by Gasteiger charge is 2.10. The highest BCUT2D eigenvalue weighted by Crippen LogP contribution is 2.22. The van der Waals surface area contributed by atoms with Gasteiger partial charge >= 0.3 is 0 Å². The van der Waals surface area contributed by atoms with Crippen molar-refractivity contribution in [2.24, 2.45) is 7.05 Å². The number of imidazole rings is 1. The Morgan fingerprint density at radius 1 is 1.23 bits per heavy atom. The maximum absolute atomic E-state index is 12.0. The van der Waals surface area contributed by atoms with E-state index in [0.717, 1.165) is 25.4 Å². The number of aryl methyl sites for hydroxylation is 1. The van der Waals surface area contributed by atoms with E-state index >= 15 is 0 Å². The van der Waals surface area contributed by atoms with Crippen molar-refractivity contribution in [1.82, 2.24) is 9.55 Å². The van der Waals surface area contributed by atoms with E-state index in [2.05, 4.69) is 32.9 Å². The molecule has 22 heavy (non-hydrogen) atoms. The molecule has 0 unspecified atom stereocenters. The number of para-hydroxylation sites is 2. The first kappa shape index (κ1) is 15.4. The molecular formula is C16H14IN3OS. The first-order valence-corrected chi connectivity index (χ1v) is 8.79. The number of aromatic nitrogens is 2. The number of carbonyl (C=O) groups is 1. The molecule has 0 aliphatic rings. The first-order valence-electron chi connectivity index (χ1n) is 6.73. The molecule has 2 aromatic carbocycles. The minimum atomic E-state index is -0.0294. The summed E-state index contributed by atoms with van der Waals surface area (Å²) >= 11 is 3.68. The van der Waals surface area contributed by atoms with Gasteiger partial charge in [-0.3, -0.25) is 4.79 Å². The Balaban J connectivity index is 1.64. The number of amides is 1. The fourth-order valence-electron chi connectivity index (χ4n) is 2.11. The molecule has 0 saturated carbocycles. The van der Waals surface area contributed by atoms with Crippen LogP contribution < -0.4 is 5.32 Å². The van der Waals surface area contributed by atoms with E-state index in [9.17, 15) is 4.79 Å². The SMILES string of the molecule is Cn1c(SCC(=O)Nc2ccc(I)cc2)nc2ccccc21. The van der Waals surface area contributed by atoms with E-state index in [1.165, 1.54) is 11.8 Å². The number of thioether (sulfide) groups is 1. The average Bonchev–Trinajstić information content (AvgIpc) is 2.84. The zero-order valence-electron chi connectivity index (χ0n) is 11.9. The molecule has 112 valence electrons. The molecule has 0 aliphatic heterocycles. The van der Waals surface area contributed by atoms with Gasteiger partial charge in [0.25, 0.3) is 0 Å². The molecule has 0 saturated heterocycles. The molecule has 3 rings (SSSR count). The summed E-state index contributed by atoms with van der Waals surface area (Å²) in [6, 6.07) is 15.7. The molecule has 4 nitrogen and oxygen atoms in total. The average molecular weight is 423 g/mol. The predicted octanol–water partition coefficient (Wildman–Crippen LogP) is 3.91. The maximum Gasteiger partial charge on any atom is 0.234 e. The number of hydrogen-bond donors (Lipinski definition) is 1. The van der Waals surface area contributed by atoms with Gasteiger partial charge in [-0.05, 0) is 59.0 Å². The van der Waals surface area contributed by atoms with Gasteiger partial charge in [0.15, 0.2) is 5.16 Å². The van der Waals surface area contributed by atoms with Crippen LogP contribution in [0, 0.1) is 3.57 Å². The lowest BCUT2D eigenvalue weighted by Gasteiger charge is -2.05. The van der Waals surface area contributed by atoms with Crippen LogP contribution in [0.5, 0.6) is 0 Å².